The number of rotatable bonds is 9. The van der Waals surface area contributed by atoms with E-state index in [0.717, 1.165) is 50.8 Å². The fourth-order valence-electron chi connectivity index (χ4n) is 3.71. The van der Waals surface area contributed by atoms with Gasteiger partial charge in [-0.2, -0.15) is 0 Å². The van der Waals surface area contributed by atoms with Crippen molar-refractivity contribution in [3.63, 3.8) is 0 Å². The molecule has 1 heterocycles. The Morgan fingerprint density at radius 2 is 1.88 bits per heavy atom. The number of hydrogen-bond acceptors (Lipinski definition) is 3. The molecule has 0 aromatic rings. The summed E-state index contributed by atoms with van der Waals surface area (Å²) in [5.41, 5.74) is 0. The average molecular weight is 451 g/mol. The Hall–Kier alpha value is -0.0800. The molecular formula is C18H38IN5. The van der Waals surface area contributed by atoms with E-state index in [9.17, 15) is 0 Å². The van der Waals surface area contributed by atoms with Gasteiger partial charge >= 0.3 is 0 Å². The summed E-state index contributed by atoms with van der Waals surface area (Å²) in [6.45, 7) is 11.2. The van der Waals surface area contributed by atoms with E-state index in [1.165, 1.54) is 45.1 Å². The van der Waals surface area contributed by atoms with Crippen molar-refractivity contribution in [2.45, 2.75) is 64.5 Å². The molecule has 0 aromatic carbocycles. The van der Waals surface area contributed by atoms with E-state index < -0.39 is 0 Å². The van der Waals surface area contributed by atoms with Gasteiger partial charge in [0.05, 0.1) is 0 Å². The summed E-state index contributed by atoms with van der Waals surface area (Å²) >= 11 is 0. The minimum absolute atomic E-state index is 0. The Bertz CT molecular complexity index is 359. The van der Waals surface area contributed by atoms with Crippen LogP contribution in [0.3, 0.4) is 0 Å². The summed E-state index contributed by atoms with van der Waals surface area (Å²) in [5.74, 6) is 0.946. The third kappa shape index (κ3) is 7.44. The molecule has 24 heavy (non-hydrogen) atoms. The van der Waals surface area contributed by atoms with E-state index in [-0.39, 0.29) is 24.0 Å². The highest BCUT2D eigenvalue weighted by molar-refractivity contribution is 14.0. The molecule has 1 aliphatic carbocycles. The van der Waals surface area contributed by atoms with Crippen molar-refractivity contribution in [2.75, 3.05) is 46.3 Å². The lowest BCUT2D eigenvalue weighted by molar-refractivity contribution is 0.147. The maximum Gasteiger partial charge on any atom is 0.191 e. The second-order valence-corrected chi connectivity index (χ2v) is 6.88. The fraction of sp³-hybridized carbons (Fsp3) is 0.944. The summed E-state index contributed by atoms with van der Waals surface area (Å²) in [7, 11) is 1.86. The van der Waals surface area contributed by atoms with Crippen LogP contribution in [0.15, 0.2) is 4.99 Å². The monoisotopic (exact) mass is 451 g/mol. The summed E-state index contributed by atoms with van der Waals surface area (Å²) < 4.78 is 0. The number of likely N-dealkylation sites (tertiary alicyclic amines) is 1. The molecule has 0 amide bonds. The molecule has 6 heteroatoms. The first-order valence-corrected chi connectivity index (χ1v) is 9.71. The third-order valence-electron chi connectivity index (χ3n) is 5.30. The van der Waals surface area contributed by atoms with Crippen LogP contribution < -0.4 is 10.6 Å². The van der Waals surface area contributed by atoms with Crippen molar-refractivity contribution in [1.29, 1.82) is 0 Å². The highest BCUT2D eigenvalue weighted by atomic mass is 127. The second kappa shape index (κ2) is 12.3. The number of likely N-dealkylation sites (N-methyl/N-ethyl adjacent to an activating group) is 1. The van der Waals surface area contributed by atoms with E-state index in [2.05, 4.69) is 39.3 Å². The molecule has 2 N–H and O–H groups in total. The Balaban J connectivity index is 0.00000288. The average Bonchev–Trinajstić information content (AvgIpc) is 3.42. The molecule has 2 aliphatic rings. The number of piperidine rings is 1. The zero-order valence-electron chi connectivity index (χ0n) is 15.9. The summed E-state index contributed by atoms with van der Waals surface area (Å²) in [5, 5.41) is 6.94. The Labute approximate surface area is 166 Å². The van der Waals surface area contributed by atoms with E-state index in [1.807, 2.05) is 7.05 Å². The minimum atomic E-state index is 0. The lowest BCUT2D eigenvalue weighted by Crippen LogP contribution is -2.47. The summed E-state index contributed by atoms with van der Waals surface area (Å²) in [4.78, 5) is 9.57. The molecule has 5 nitrogen and oxygen atoms in total. The molecule has 0 spiro atoms. The van der Waals surface area contributed by atoms with Gasteiger partial charge in [0.25, 0.3) is 0 Å². The van der Waals surface area contributed by atoms with Gasteiger partial charge in [-0.05, 0) is 45.2 Å². The second-order valence-electron chi connectivity index (χ2n) is 6.88. The van der Waals surface area contributed by atoms with Crippen LogP contribution in [0.5, 0.6) is 0 Å². The van der Waals surface area contributed by atoms with E-state index in [1.54, 1.807) is 0 Å². The van der Waals surface area contributed by atoms with Gasteiger partial charge in [0, 0.05) is 45.3 Å². The number of nitrogens with one attached hydrogen (secondary N) is 2. The van der Waals surface area contributed by atoms with Crippen LogP contribution in [0, 0.1) is 0 Å². The maximum absolute atomic E-state index is 4.35. The van der Waals surface area contributed by atoms with Crippen molar-refractivity contribution in [1.82, 2.24) is 20.4 Å². The maximum atomic E-state index is 4.35. The number of hydrogen-bond donors (Lipinski definition) is 2. The zero-order valence-corrected chi connectivity index (χ0v) is 18.2. The highest BCUT2D eigenvalue weighted by Gasteiger charge is 2.27. The molecule has 142 valence electrons. The van der Waals surface area contributed by atoms with Crippen LogP contribution in [0.25, 0.3) is 0 Å². The largest absolute Gasteiger partial charge is 0.355 e. The number of aliphatic imine (C=N–C) groups is 1. The zero-order chi connectivity index (χ0) is 16.5. The van der Waals surface area contributed by atoms with Crippen molar-refractivity contribution in [3.05, 3.63) is 0 Å². The molecule has 1 atom stereocenters. The molecule has 2 fully saturated rings. The molecule has 2 rings (SSSR count). The standard InChI is InChI=1S/C18H37N5.HI/c1-4-16-8-6-7-13-23(16)15-12-21-18(19-3)20-11-14-22(5-2)17-9-10-17;/h16-17H,4-15H2,1-3H3,(H2,19,20,21);1H. The molecule has 1 aliphatic heterocycles. The molecular weight excluding hydrogens is 413 g/mol. The molecule has 0 radical (unpaired) electrons. The fourth-order valence-corrected chi connectivity index (χ4v) is 3.71. The Kier molecular flexibility index (Phi) is 11.3. The minimum Gasteiger partial charge on any atom is -0.355 e. The first-order chi connectivity index (χ1) is 11.3. The van der Waals surface area contributed by atoms with Crippen LogP contribution >= 0.6 is 24.0 Å². The predicted octanol–water partition coefficient (Wildman–Crippen LogP) is 2.52. The first-order valence-electron chi connectivity index (χ1n) is 9.71. The molecule has 0 bridgehead atoms. The van der Waals surface area contributed by atoms with Crippen LogP contribution in [-0.2, 0) is 0 Å². The third-order valence-corrected chi connectivity index (χ3v) is 5.30. The number of nitrogens with zero attached hydrogens (tertiary/aromatic N) is 3. The lowest BCUT2D eigenvalue weighted by atomic mass is 10.0. The SMILES string of the molecule is CCC1CCCCN1CCNC(=NC)NCCN(CC)C1CC1.I. The Morgan fingerprint density at radius 3 is 2.50 bits per heavy atom. The van der Waals surface area contributed by atoms with Crippen molar-refractivity contribution in [3.8, 4) is 0 Å². The van der Waals surface area contributed by atoms with Gasteiger partial charge in [-0.1, -0.05) is 20.3 Å². The van der Waals surface area contributed by atoms with E-state index >= 15 is 0 Å². The van der Waals surface area contributed by atoms with Gasteiger partial charge in [-0.15, -0.1) is 24.0 Å². The van der Waals surface area contributed by atoms with E-state index in [0.29, 0.717) is 0 Å². The van der Waals surface area contributed by atoms with Gasteiger partial charge in [-0.25, -0.2) is 0 Å². The van der Waals surface area contributed by atoms with Gasteiger partial charge in [0.15, 0.2) is 5.96 Å². The van der Waals surface area contributed by atoms with Crippen molar-refractivity contribution >= 4 is 29.9 Å². The highest BCUT2D eigenvalue weighted by Crippen LogP contribution is 2.25. The topological polar surface area (TPSA) is 42.9 Å². The molecule has 1 saturated carbocycles. The molecule has 1 unspecified atom stereocenters. The van der Waals surface area contributed by atoms with Gasteiger partial charge in [0.2, 0.25) is 0 Å². The first kappa shape index (κ1) is 22.0. The number of guanidine groups is 1. The van der Waals surface area contributed by atoms with E-state index in [4.69, 9.17) is 0 Å². The Morgan fingerprint density at radius 1 is 1.12 bits per heavy atom. The van der Waals surface area contributed by atoms with Crippen LogP contribution in [0.1, 0.15) is 52.4 Å². The van der Waals surface area contributed by atoms with Crippen LogP contribution in [0.2, 0.25) is 0 Å². The normalized spacial score (nSPS) is 22.3. The van der Waals surface area contributed by atoms with Gasteiger partial charge in [0.1, 0.15) is 0 Å². The smallest absolute Gasteiger partial charge is 0.191 e. The van der Waals surface area contributed by atoms with Gasteiger partial charge in [-0.3, -0.25) is 14.8 Å². The van der Waals surface area contributed by atoms with Crippen LogP contribution in [0.4, 0.5) is 0 Å². The molecule has 0 aromatic heterocycles. The van der Waals surface area contributed by atoms with Crippen molar-refractivity contribution in [2.24, 2.45) is 4.99 Å². The lowest BCUT2D eigenvalue weighted by Gasteiger charge is -2.35. The van der Waals surface area contributed by atoms with Crippen molar-refractivity contribution < 1.29 is 0 Å². The summed E-state index contributed by atoms with van der Waals surface area (Å²) in [6, 6.07) is 1.64. The van der Waals surface area contributed by atoms with Gasteiger partial charge < -0.3 is 10.6 Å². The summed E-state index contributed by atoms with van der Waals surface area (Å²) in [6.07, 6.45) is 8.18. The number of halogens is 1. The predicted molar refractivity (Wildman–Crippen MR) is 115 cm³/mol. The van der Waals surface area contributed by atoms with Crippen LogP contribution in [-0.4, -0.2) is 74.2 Å². The quantitative estimate of drug-likeness (QED) is 0.321. The molecule has 1 saturated heterocycles.